The lowest BCUT2D eigenvalue weighted by Crippen LogP contribution is -2.19. The number of fused-ring (bicyclic) bond motifs is 2. The zero-order valence-corrected chi connectivity index (χ0v) is 16.4. The number of H-pyrrole nitrogens is 1. The van der Waals surface area contributed by atoms with Crippen molar-refractivity contribution in [1.82, 2.24) is 15.3 Å². The van der Waals surface area contributed by atoms with Crippen LogP contribution in [0.5, 0.6) is 0 Å². The molecule has 1 saturated carbocycles. The minimum absolute atomic E-state index is 0.315. The minimum Gasteiger partial charge on any atom is -0.376 e. The molecule has 2 fully saturated rings. The van der Waals surface area contributed by atoms with E-state index in [1.54, 1.807) is 0 Å². The Morgan fingerprint density at radius 1 is 1.21 bits per heavy atom. The lowest BCUT2D eigenvalue weighted by Gasteiger charge is -2.24. The summed E-state index contributed by atoms with van der Waals surface area (Å²) in [6, 6.07) is 9.82. The minimum atomic E-state index is -0.315. The lowest BCUT2D eigenvalue weighted by atomic mass is 9.88. The summed E-state index contributed by atoms with van der Waals surface area (Å²) in [4.78, 5) is 7.95. The molecule has 5 heteroatoms. The molecule has 2 aromatic heterocycles. The van der Waals surface area contributed by atoms with Crippen LogP contribution in [0.2, 0.25) is 0 Å². The largest absolute Gasteiger partial charge is 0.376 e. The van der Waals surface area contributed by atoms with Gasteiger partial charge in [-0.2, -0.15) is 5.26 Å². The Morgan fingerprint density at radius 2 is 2.14 bits per heavy atom. The number of aromatic nitrogens is 2. The molecule has 0 spiro atoms. The monoisotopic (exact) mass is 384 g/mol. The topological polar surface area (TPSA) is 73.7 Å². The average molecular weight is 384 g/mol. The van der Waals surface area contributed by atoms with Gasteiger partial charge in [0.1, 0.15) is 5.65 Å². The van der Waals surface area contributed by atoms with Gasteiger partial charge in [0.15, 0.2) is 0 Å². The second-order valence-corrected chi connectivity index (χ2v) is 8.67. The van der Waals surface area contributed by atoms with Crippen LogP contribution in [0.25, 0.3) is 22.2 Å². The maximum absolute atomic E-state index is 9.66. The van der Waals surface area contributed by atoms with E-state index in [1.807, 2.05) is 12.4 Å². The molecule has 1 unspecified atom stereocenters. The van der Waals surface area contributed by atoms with Crippen molar-refractivity contribution in [2.24, 2.45) is 0 Å². The van der Waals surface area contributed by atoms with E-state index in [4.69, 9.17) is 4.74 Å². The van der Waals surface area contributed by atoms with Crippen LogP contribution in [-0.4, -0.2) is 23.1 Å². The summed E-state index contributed by atoms with van der Waals surface area (Å²) in [6.07, 6.45) is 9.19. The Balaban J connectivity index is 1.49. The van der Waals surface area contributed by atoms with Gasteiger partial charge in [-0.15, -0.1) is 0 Å². The Labute approximate surface area is 170 Å². The molecular formula is C24H24N4O. The van der Waals surface area contributed by atoms with Crippen molar-refractivity contribution in [2.75, 3.05) is 13.2 Å². The van der Waals surface area contributed by atoms with Crippen LogP contribution in [-0.2, 0) is 23.2 Å². The molecule has 4 heterocycles. The summed E-state index contributed by atoms with van der Waals surface area (Å²) in [5.41, 5.74) is 8.17. The highest BCUT2D eigenvalue weighted by atomic mass is 16.5. The quantitative estimate of drug-likeness (QED) is 0.707. The average Bonchev–Trinajstić information content (AvgIpc) is 3.17. The smallest absolute Gasteiger partial charge is 0.137 e. The molecule has 1 aromatic carbocycles. The van der Waals surface area contributed by atoms with Gasteiger partial charge < -0.3 is 15.0 Å². The number of hydrogen-bond donors (Lipinski definition) is 2. The number of pyridine rings is 1. The van der Waals surface area contributed by atoms with Crippen LogP contribution in [0.3, 0.4) is 0 Å². The highest BCUT2D eigenvalue weighted by Gasteiger charge is 2.46. The van der Waals surface area contributed by atoms with Crippen molar-refractivity contribution in [3.05, 3.63) is 52.8 Å². The maximum Gasteiger partial charge on any atom is 0.137 e. The number of hydrogen-bond acceptors (Lipinski definition) is 4. The predicted molar refractivity (Wildman–Crippen MR) is 111 cm³/mol. The van der Waals surface area contributed by atoms with Gasteiger partial charge in [-0.25, -0.2) is 4.98 Å². The second kappa shape index (κ2) is 6.41. The first kappa shape index (κ1) is 17.2. The molecule has 5 nitrogen and oxygen atoms in total. The number of benzene rings is 1. The predicted octanol–water partition coefficient (Wildman–Crippen LogP) is 4.28. The molecule has 0 amide bonds. The van der Waals surface area contributed by atoms with Gasteiger partial charge in [0.05, 0.1) is 24.7 Å². The van der Waals surface area contributed by atoms with Gasteiger partial charge >= 0.3 is 0 Å². The first-order valence-corrected chi connectivity index (χ1v) is 10.6. The highest BCUT2D eigenvalue weighted by molar-refractivity contribution is 5.87. The molecule has 1 atom stereocenters. The Morgan fingerprint density at radius 3 is 2.93 bits per heavy atom. The first-order chi connectivity index (χ1) is 14.3. The van der Waals surface area contributed by atoms with Crippen LogP contribution in [0, 0.1) is 11.3 Å². The molecule has 3 aromatic rings. The number of aromatic amines is 1. The molecule has 2 N–H and O–H groups in total. The summed E-state index contributed by atoms with van der Waals surface area (Å²) in [7, 11) is 0. The van der Waals surface area contributed by atoms with Crippen LogP contribution >= 0.6 is 0 Å². The third kappa shape index (κ3) is 2.71. The molecule has 1 saturated heterocycles. The summed E-state index contributed by atoms with van der Waals surface area (Å²) in [6.45, 7) is 2.59. The summed E-state index contributed by atoms with van der Waals surface area (Å²) in [5.74, 6) is 0. The number of nitrogens with zero attached hydrogens (tertiary/aromatic N) is 2. The van der Waals surface area contributed by atoms with Crippen molar-refractivity contribution in [1.29, 1.82) is 5.26 Å². The Hall–Kier alpha value is -2.68. The normalized spacial score (nSPS) is 22.4. The van der Waals surface area contributed by atoms with E-state index in [2.05, 4.69) is 39.6 Å². The Bertz CT molecular complexity index is 1150. The van der Waals surface area contributed by atoms with Crippen LogP contribution in [0.4, 0.5) is 0 Å². The van der Waals surface area contributed by atoms with Crippen LogP contribution in [0.15, 0.2) is 30.6 Å². The van der Waals surface area contributed by atoms with Crippen molar-refractivity contribution in [2.45, 2.75) is 50.2 Å². The van der Waals surface area contributed by atoms with E-state index >= 15 is 0 Å². The van der Waals surface area contributed by atoms with Crippen LogP contribution < -0.4 is 5.32 Å². The maximum atomic E-state index is 9.66. The van der Waals surface area contributed by atoms with Gasteiger partial charge in [0.25, 0.3) is 0 Å². The van der Waals surface area contributed by atoms with E-state index in [1.165, 1.54) is 35.1 Å². The molecule has 3 aliphatic rings. The third-order valence-corrected chi connectivity index (χ3v) is 6.92. The highest BCUT2D eigenvalue weighted by Crippen LogP contribution is 2.50. The molecule has 146 valence electrons. The zero-order chi connectivity index (χ0) is 19.4. The van der Waals surface area contributed by atoms with E-state index in [0.717, 1.165) is 54.6 Å². The first-order valence-electron chi connectivity index (χ1n) is 10.6. The SMILES string of the molecule is N#CC1(c2c[nH]c3ncc(-c4cc5c(c(C6CCCN6)c4)COCC5)cc23)CC1. The van der Waals surface area contributed by atoms with E-state index in [0.29, 0.717) is 12.6 Å². The number of nitrogens with one attached hydrogen (secondary N) is 2. The number of rotatable bonds is 3. The fourth-order valence-corrected chi connectivity index (χ4v) is 5.06. The lowest BCUT2D eigenvalue weighted by molar-refractivity contribution is 0.109. The van der Waals surface area contributed by atoms with E-state index in [9.17, 15) is 5.26 Å². The number of ether oxygens (including phenoxy) is 1. The van der Waals surface area contributed by atoms with Gasteiger partial charge in [0, 0.05) is 29.4 Å². The van der Waals surface area contributed by atoms with E-state index < -0.39 is 0 Å². The fraction of sp³-hybridized carbons (Fsp3) is 0.417. The number of nitriles is 1. The standard InChI is InChI=1S/C24H24N4O/c25-14-24(4-5-24)21-12-28-23-19(21)10-17(11-27-23)16-8-15-3-7-29-13-20(15)18(9-16)22-2-1-6-26-22/h8-12,22,26H,1-7,13H2,(H,27,28). The molecule has 0 bridgehead atoms. The molecule has 29 heavy (non-hydrogen) atoms. The Kier molecular flexibility index (Phi) is 3.80. The molecular weight excluding hydrogens is 360 g/mol. The molecule has 6 rings (SSSR count). The van der Waals surface area contributed by atoms with Gasteiger partial charge in [-0.05, 0) is 78.6 Å². The third-order valence-electron chi connectivity index (χ3n) is 6.92. The molecule has 0 radical (unpaired) electrons. The molecule has 1 aliphatic carbocycles. The van der Waals surface area contributed by atoms with Crippen molar-refractivity contribution >= 4 is 11.0 Å². The van der Waals surface area contributed by atoms with Crippen molar-refractivity contribution in [3.63, 3.8) is 0 Å². The van der Waals surface area contributed by atoms with E-state index in [-0.39, 0.29) is 5.41 Å². The van der Waals surface area contributed by atoms with Gasteiger partial charge in [0.2, 0.25) is 0 Å². The van der Waals surface area contributed by atoms with Crippen LogP contribution in [0.1, 0.15) is 54.0 Å². The molecule has 2 aliphatic heterocycles. The second-order valence-electron chi connectivity index (χ2n) is 8.67. The summed E-state index contributed by atoms with van der Waals surface area (Å²) < 4.78 is 5.79. The zero-order valence-electron chi connectivity index (χ0n) is 16.4. The van der Waals surface area contributed by atoms with Gasteiger partial charge in [-0.3, -0.25) is 0 Å². The fourth-order valence-electron chi connectivity index (χ4n) is 5.06. The summed E-state index contributed by atoms with van der Waals surface area (Å²) >= 11 is 0. The van der Waals surface area contributed by atoms with Crippen molar-refractivity contribution in [3.8, 4) is 17.2 Å². The van der Waals surface area contributed by atoms with Crippen molar-refractivity contribution < 1.29 is 4.74 Å². The summed E-state index contributed by atoms with van der Waals surface area (Å²) in [5, 5.41) is 14.4. The van der Waals surface area contributed by atoms with Gasteiger partial charge in [-0.1, -0.05) is 6.07 Å².